The second-order valence-corrected chi connectivity index (χ2v) is 11.1. The van der Waals surface area contributed by atoms with Crippen LogP contribution in [0.5, 0.6) is 0 Å². The van der Waals surface area contributed by atoms with Crippen LogP contribution >= 0.6 is 0 Å². The second-order valence-electron chi connectivity index (χ2n) is 6.39. The van der Waals surface area contributed by atoms with Crippen LogP contribution in [0, 0.1) is 23.8 Å². The topological polar surface area (TPSA) is 20.2 Å². The SMILES string of the molecule is CC(C)[C@H](O)c1ccc(C#C[Si](C)(C)C)cc1.C[CH-]C.[Zn]. The maximum Gasteiger partial charge on any atom is 0.129 e. The molecule has 0 aliphatic rings. The molecule has 1 aromatic rings. The summed E-state index contributed by atoms with van der Waals surface area (Å²) in [6, 6.07) is 7.93. The summed E-state index contributed by atoms with van der Waals surface area (Å²) < 4.78 is 0. The molecule has 0 amide bonds. The Bertz CT molecular complexity index is 435. The van der Waals surface area contributed by atoms with Crippen molar-refractivity contribution in [2.75, 3.05) is 0 Å². The predicted octanol–water partition coefficient (Wildman–Crippen LogP) is 4.83. The summed E-state index contributed by atoms with van der Waals surface area (Å²) in [5.41, 5.74) is 5.34. The van der Waals surface area contributed by atoms with E-state index in [2.05, 4.69) is 31.1 Å². The molecule has 0 fully saturated rings. The van der Waals surface area contributed by atoms with Crippen molar-refractivity contribution in [3.8, 4) is 11.5 Å². The van der Waals surface area contributed by atoms with Crippen LogP contribution in [0.3, 0.4) is 0 Å². The maximum absolute atomic E-state index is 9.92. The van der Waals surface area contributed by atoms with Crippen LogP contribution in [0.1, 0.15) is 44.9 Å². The third-order valence-electron chi connectivity index (χ3n) is 2.47. The van der Waals surface area contributed by atoms with Crippen molar-refractivity contribution in [3.05, 3.63) is 41.8 Å². The first-order valence-electron chi connectivity index (χ1n) is 7.26. The number of aliphatic hydroxyl groups excluding tert-OH is 1. The van der Waals surface area contributed by atoms with Crippen molar-refractivity contribution in [2.24, 2.45) is 5.92 Å². The van der Waals surface area contributed by atoms with Crippen LogP contribution < -0.4 is 0 Å². The Balaban J connectivity index is 0. The van der Waals surface area contributed by atoms with Gasteiger partial charge in [-0.3, -0.25) is 0 Å². The van der Waals surface area contributed by atoms with Crippen molar-refractivity contribution in [3.63, 3.8) is 0 Å². The van der Waals surface area contributed by atoms with E-state index in [1.54, 1.807) is 0 Å². The molecule has 1 rings (SSSR count). The third kappa shape index (κ3) is 10.9. The van der Waals surface area contributed by atoms with E-state index in [-0.39, 0.29) is 31.5 Å². The van der Waals surface area contributed by atoms with Crippen molar-refractivity contribution in [2.45, 2.75) is 53.4 Å². The molecular formula is C18H29OSiZn-. The molecule has 0 bridgehead atoms. The zero-order chi connectivity index (χ0) is 15.8. The van der Waals surface area contributed by atoms with Crippen molar-refractivity contribution < 1.29 is 24.6 Å². The monoisotopic (exact) mass is 353 g/mol. The molecule has 1 aromatic carbocycles. The van der Waals surface area contributed by atoms with Gasteiger partial charge in [-0.15, -0.1) is 5.54 Å². The molecule has 0 saturated carbocycles. The average Bonchev–Trinajstić information content (AvgIpc) is 2.36. The van der Waals surface area contributed by atoms with E-state index in [0.717, 1.165) is 11.1 Å². The Morgan fingerprint density at radius 1 is 1.05 bits per heavy atom. The molecule has 0 radical (unpaired) electrons. The largest absolute Gasteiger partial charge is 0.388 e. The standard InChI is InChI=1S/C15H22OSi.C3H7.Zn/c1-12(2)15(16)14-8-6-13(7-9-14)10-11-17(3,4)5;1-3-2;/h6-9,12,15-16H,1-5H3;3H,1-2H3;/q;-1;/t15-;;/m0../s1. The number of rotatable bonds is 2. The molecule has 21 heavy (non-hydrogen) atoms. The first-order chi connectivity index (χ1) is 9.21. The van der Waals surface area contributed by atoms with Crippen LogP contribution in [-0.4, -0.2) is 13.2 Å². The minimum absolute atomic E-state index is 0. The number of hydrogen-bond acceptors (Lipinski definition) is 1. The van der Waals surface area contributed by atoms with E-state index in [4.69, 9.17) is 0 Å². The van der Waals surface area contributed by atoms with Gasteiger partial charge in [0.15, 0.2) is 0 Å². The van der Waals surface area contributed by atoms with Crippen LogP contribution in [0.2, 0.25) is 19.6 Å². The summed E-state index contributed by atoms with van der Waals surface area (Å²) in [6.07, 6.45) is 1.62. The zero-order valence-corrected chi connectivity index (χ0v) is 18.7. The molecule has 1 atom stereocenters. The van der Waals surface area contributed by atoms with E-state index >= 15 is 0 Å². The molecule has 1 N–H and O–H groups in total. The van der Waals surface area contributed by atoms with Gasteiger partial charge in [0.25, 0.3) is 0 Å². The Labute approximate surface area is 145 Å². The molecular weight excluding hydrogens is 326 g/mol. The summed E-state index contributed by atoms with van der Waals surface area (Å²) in [6.45, 7) is 14.7. The first-order valence-corrected chi connectivity index (χ1v) is 10.8. The molecule has 0 aromatic heterocycles. The average molecular weight is 355 g/mol. The van der Waals surface area contributed by atoms with Gasteiger partial charge in [-0.05, 0) is 23.6 Å². The van der Waals surface area contributed by atoms with Crippen LogP contribution in [0.15, 0.2) is 24.3 Å². The third-order valence-corrected chi connectivity index (χ3v) is 3.34. The molecule has 3 heteroatoms. The van der Waals surface area contributed by atoms with Gasteiger partial charge in [-0.25, -0.2) is 0 Å². The van der Waals surface area contributed by atoms with Crippen molar-refractivity contribution >= 4 is 8.07 Å². The molecule has 0 spiro atoms. The van der Waals surface area contributed by atoms with Crippen molar-refractivity contribution in [1.82, 2.24) is 0 Å². The van der Waals surface area contributed by atoms with Gasteiger partial charge in [0.1, 0.15) is 8.07 Å². The maximum atomic E-state index is 9.92. The summed E-state index contributed by atoms with van der Waals surface area (Å²) >= 11 is 0. The number of hydrogen-bond donors (Lipinski definition) is 1. The van der Waals surface area contributed by atoms with Gasteiger partial charge in [0, 0.05) is 25.0 Å². The summed E-state index contributed by atoms with van der Waals surface area (Å²) in [5.74, 6) is 3.45. The molecule has 1 nitrogen and oxygen atoms in total. The molecule has 0 aliphatic heterocycles. The molecule has 0 unspecified atom stereocenters. The van der Waals surface area contributed by atoms with Crippen LogP contribution in [0.4, 0.5) is 0 Å². The summed E-state index contributed by atoms with van der Waals surface area (Å²) in [7, 11) is -1.30. The fourth-order valence-corrected chi connectivity index (χ4v) is 1.93. The van der Waals surface area contributed by atoms with Gasteiger partial charge in [-0.1, -0.05) is 51.5 Å². The smallest absolute Gasteiger partial charge is 0.129 e. The van der Waals surface area contributed by atoms with E-state index in [0.29, 0.717) is 0 Å². The molecule has 0 saturated heterocycles. The Morgan fingerprint density at radius 2 is 1.48 bits per heavy atom. The van der Waals surface area contributed by atoms with E-state index in [9.17, 15) is 5.11 Å². The van der Waals surface area contributed by atoms with Gasteiger partial charge in [0.2, 0.25) is 0 Å². The summed E-state index contributed by atoms with van der Waals surface area (Å²) in [4.78, 5) is 0. The fourth-order valence-electron chi connectivity index (χ4n) is 1.41. The normalized spacial score (nSPS) is 11.5. The van der Waals surface area contributed by atoms with E-state index in [1.807, 2.05) is 58.4 Å². The zero-order valence-electron chi connectivity index (χ0n) is 14.7. The van der Waals surface area contributed by atoms with E-state index < -0.39 is 8.07 Å². The fraction of sp³-hybridized carbons (Fsp3) is 0.500. The Morgan fingerprint density at radius 3 is 1.81 bits per heavy atom. The molecule has 114 valence electrons. The predicted molar refractivity (Wildman–Crippen MR) is 92.1 cm³/mol. The van der Waals surface area contributed by atoms with Gasteiger partial charge in [-0.2, -0.15) is 13.8 Å². The molecule has 0 heterocycles. The number of aliphatic hydroxyl groups is 1. The first kappa shape index (κ1) is 22.9. The van der Waals surface area contributed by atoms with Gasteiger partial charge in [0.05, 0.1) is 6.10 Å². The molecule has 0 aliphatic carbocycles. The summed E-state index contributed by atoms with van der Waals surface area (Å²) in [5, 5.41) is 9.92. The quantitative estimate of drug-likeness (QED) is 0.458. The Hall–Kier alpha value is -0.420. The van der Waals surface area contributed by atoms with Crippen LogP contribution in [-0.2, 0) is 19.5 Å². The van der Waals surface area contributed by atoms with Gasteiger partial charge < -0.3 is 11.5 Å². The Kier molecular flexibility index (Phi) is 12.2. The minimum atomic E-state index is -1.30. The van der Waals surface area contributed by atoms with E-state index in [1.165, 1.54) is 0 Å². The second kappa shape index (κ2) is 11.2. The number of benzene rings is 1. The minimum Gasteiger partial charge on any atom is -0.388 e. The van der Waals surface area contributed by atoms with Crippen LogP contribution in [0.25, 0.3) is 0 Å². The van der Waals surface area contributed by atoms with Crippen molar-refractivity contribution in [1.29, 1.82) is 0 Å². The van der Waals surface area contributed by atoms with Gasteiger partial charge >= 0.3 is 0 Å².